The van der Waals surface area contributed by atoms with Crippen LogP contribution in [0.5, 0.6) is 0 Å². The predicted molar refractivity (Wildman–Crippen MR) is 110 cm³/mol. The maximum Gasteiger partial charge on any atom is 0.336 e. The van der Waals surface area contributed by atoms with E-state index in [-0.39, 0.29) is 30.6 Å². The number of hydrogen-bond acceptors (Lipinski definition) is 10. The third-order valence-corrected chi connectivity index (χ3v) is 5.39. The molecule has 2 rings (SSSR count). The van der Waals surface area contributed by atoms with E-state index in [1.54, 1.807) is 6.08 Å². The molecule has 0 bridgehead atoms. The minimum atomic E-state index is -1.52. The van der Waals surface area contributed by atoms with Gasteiger partial charge in [-0.1, -0.05) is 19.7 Å². The third-order valence-electron chi connectivity index (χ3n) is 5.39. The van der Waals surface area contributed by atoms with Gasteiger partial charge in [0.15, 0.2) is 0 Å². The lowest BCUT2D eigenvalue weighted by Gasteiger charge is -2.30. The van der Waals surface area contributed by atoms with Gasteiger partial charge in [0.05, 0.1) is 18.1 Å². The maximum atomic E-state index is 12.5. The minimum Gasteiger partial charge on any atom is -0.461 e. The Bertz CT molecular complexity index is 827. The highest BCUT2D eigenvalue weighted by Gasteiger charge is 2.45. The van der Waals surface area contributed by atoms with E-state index in [4.69, 9.17) is 19.3 Å². The van der Waals surface area contributed by atoms with Crippen molar-refractivity contribution in [3.05, 3.63) is 48.1 Å². The second-order valence-corrected chi connectivity index (χ2v) is 7.69. The molecular formula is C22H28O10. The van der Waals surface area contributed by atoms with Gasteiger partial charge in [-0.05, 0) is 30.1 Å². The van der Waals surface area contributed by atoms with Crippen molar-refractivity contribution in [2.45, 2.75) is 50.6 Å². The van der Waals surface area contributed by atoms with Crippen LogP contribution in [0.25, 0.3) is 0 Å². The van der Waals surface area contributed by atoms with Gasteiger partial charge >= 0.3 is 17.9 Å². The molecule has 1 aliphatic heterocycles. The Kier molecular flexibility index (Phi) is 8.90. The number of fused-ring (bicyclic) bond motifs is 1. The zero-order chi connectivity index (χ0) is 24.0. The molecule has 5 atom stereocenters. The number of esters is 3. The van der Waals surface area contributed by atoms with Crippen LogP contribution in [0.4, 0.5) is 0 Å². The van der Waals surface area contributed by atoms with Crippen molar-refractivity contribution in [1.29, 1.82) is 0 Å². The fraction of sp³-hybridized carbons (Fsp3) is 0.500. The zero-order valence-corrected chi connectivity index (χ0v) is 17.8. The van der Waals surface area contributed by atoms with Crippen LogP contribution in [-0.2, 0) is 33.5 Å². The van der Waals surface area contributed by atoms with Crippen LogP contribution in [-0.4, -0.2) is 71.0 Å². The number of aliphatic hydroxyl groups excluding tert-OH is 2. The zero-order valence-electron chi connectivity index (χ0n) is 17.8. The van der Waals surface area contributed by atoms with Crippen molar-refractivity contribution < 1.29 is 49.0 Å². The van der Waals surface area contributed by atoms with Crippen LogP contribution in [0, 0.1) is 5.92 Å². The van der Waals surface area contributed by atoms with Gasteiger partial charge in [0.1, 0.15) is 31.0 Å². The van der Waals surface area contributed by atoms with E-state index in [2.05, 4.69) is 24.6 Å². The first-order valence-corrected chi connectivity index (χ1v) is 9.98. The van der Waals surface area contributed by atoms with E-state index in [1.807, 2.05) is 0 Å². The first-order valence-electron chi connectivity index (χ1n) is 9.98. The highest BCUT2D eigenvalue weighted by Crippen LogP contribution is 2.37. The minimum absolute atomic E-state index is 0.0105. The summed E-state index contributed by atoms with van der Waals surface area (Å²) in [5, 5.41) is 28.1. The molecule has 0 amide bonds. The summed E-state index contributed by atoms with van der Waals surface area (Å²) in [5.74, 6) is -3.00. The smallest absolute Gasteiger partial charge is 0.336 e. The van der Waals surface area contributed by atoms with Gasteiger partial charge in [-0.15, -0.1) is 0 Å². The summed E-state index contributed by atoms with van der Waals surface area (Å²) >= 11 is 0. The van der Waals surface area contributed by atoms with Gasteiger partial charge in [-0.3, -0.25) is 10.1 Å². The Hall–Kier alpha value is -2.79. The van der Waals surface area contributed by atoms with Crippen molar-refractivity contribution in [3.63, 3.8) is 0 Å². The van der Waals surface area contributed by atoms with Crippen LogP contribution >= 0.6 is 0 Å². The number of ether oxygens (including phenoxy) is 3. The second kappa shape index (κ2) is 11.2. The number of hydrogen-bond donors (Lipinski definition) is 3. The molecule has 2 aliphatic rings. The lowest BCUT2D eigenvalue weighted by atomic mass is 9.83. The van der Waals surface area contributed by atoms with E-state index >= 15 is 0 Å². The van der Waals surface area contributed by atoms with E-state index < -0.39 is 54.8 Å². The molecule has 10 nitrogen and oxygen atoms in total. The molecule has 0 aromatic carbocycles. The summed E-state index contributed by atoms with van der Waals surface area (Å²) in [7, 11) is 0. The fourth-order valence-corrected chi connectivity index (χ4v) is 3.55. The van der Waals surface area contributed by atoms with Gasteiger partial charge in [-0.25, -0.2) is 14.5 Å². The number of aliphatic hydroxyl groups is 2. The maximum absolute atomic E-state index is 12.5. The summed E-state index contributed by atoms with van der Waals surface area (Å²) in [6.45, 7) is 11.6. The molecule has 10 heteroatoms. The highest BCUT2D eigenvalue weighted by molar-refractivity contribution is 5.92. The van der Waals surface area contributed by atoms with Crippen molar-refractivity contribution >= 4 is 17.9 Å². The van der Waals surface area contributed by atoms with Crippen LogP contribution in [0.3, 0.4) is 0 Å². The molecule has 0 saturated carbocycles. The summed E-state index contributed by atoms with van der Waals surface area (Å²) < 4.78 is 16.0. The molecule has 176 valence electrons. The van der Waals surface area contributed by atoms with Gasteiger partial charge in [0, 0.05) is 18.9 Å². The average molecular weight is 452 g/mol. The van der Waals surface area contributed by atoms with Crippen LogP contribution in [0.1, 0.15) is 26.2 Å². The number of carbonyl (C=O) groups excluding carboxylic acids is 3. The van der Waals surface area contributed by atoms with Crippen molar-refractivity contribution in [2.24, 2.45) is 5.92 Å². The summed E-state index contributed by atoms with van der Waals surface area (Å²) in [5.41, 5.74) is 0.653. The van der Waals surface area contributed by atoms with Gasteiger partial charge in [0.25, 0.3) is 0 Å². The van der Waals surface area contributed by atoms with E-state index in [0.717, 1.165) is 0 Å². The lowest BCUT2D eigenvalue weighted by molar-refractivity contribution is -0.270. The fourth-order valence-electron chi connectivity index (χ4n) is 3.55. The Morgan fingerprint density at radius 1 is 1.34 bits per heavy atom. The van der Waals surface area contributed by atoms with Crippen molar-refractivity contribution in [2.75, 3.05) is 13.2 Å². The van der Waals surface area contributed by atoms with Crippen LogP contribution in [0.15, 0.2) is 48.1 Å². The Labute approximate surface area is 185 Å². The summed E-state index contributed by atoms with van der Waals surface area (Å²) in [4.78, 5) is 40.6. The molecule has 1 fully saturated rings. The van der Waals surface area contributed by atoms with E-state index in [1.165, 1.54) is 6.92 Å². The van der Waals surface area contributed by atoms with Gasteiger partial charge in [-0.2, -0.15) is 0 Å². The molecule has 0 aromatic heterocycles. The molecule has 1 aliphatic carbocycles. The predicted octanol–water partition coefficient (Wildman–Crippen LogP) is 0.993. The molecule has 1 unspecified atom stereocenters. The Balaban J connectivity index is 2.43. The topological polar surface area (TPSA) is 149 Å². The third kappa shape index (κ3) is 6.13. The van der Waals surface area contributed by atoms with E-state index in [0.29, 0.717) is 17.6 Å². The monoisotopic (exact) mass is 452 g/mol. The summed E-state index contributed by atoms with van der Waals surface area (Å²) in [6, 6.07) is 0. The first kappa shape index (κ1) is 25.5. The van der Waals surface area contributed by atoms with E-state index in [9.17, 15) is 24.7 Å². The highest BCUT2D eigenvalue weighted by atomic mass is 17.1. The standard InChI is InChI=1S/C22H28O10/c1-11-7-18(30-21(26)12(2)16(25)9-23)20-13(3)22(27)31-19(20)8-15(10-29-14(4)24)5-6-17(11)32-28/h8,16-20,23,25,28H,1-3,5-7,9-10H2,4H3/b15-8-/t16?,17-,18+,19-,20-/m1/s1. The van der Waals surface area contributed by atoms with Crippen molar-refractivity contribution in [3.8, 4) is 0 Å². The number of rotatable bonds is 7. The quantitative estimate of drug-likeness (QED) is 0.127. The molecule has 1 heterocycles. The summed E-state index contributed by atoms with van der Waals surface area (Å²) in [6.07, 6.45) is -2.05. The molecular weight excluding hydrogens is 424 g/mol. The molecule has 0 aromatic rings. The molecule has 0 spiro atoms. The Morgan fingerprint density at radius 3 is 2.62 bits per heavy atom. The second-order valence-electron chi connectivity index (χ2n) is 7.69. The number of carbonyl (C=O) groups is 3. The van der Waals surface area contributed by atoms with Gasteiger partial charge < -0.3 is 24.4 Å². The van der Waals surface area contributed by atoms with Crippen LogP contribution < -0.4 is 0 Å². The van der Waals surface area contributed by atoms with Crippen LogP contribution in [0.2, 0.25) is 0 Å². The normalized spacial score (nSPS) is 28.6. The Morgan fingerprint density at radius 2 is 2.03 bits per heavy atom. The molecule has 0 radical (unpaired) electrons. The van der Waals surface area contributed by atoms with Gasteiger partial charge in [0.2, 0.25) is 0 Å². The molecule has 3 N–H and O–H groups in total. The first-order chi connectivity index (χ1) is 15.1. The SMILES string of the molecule is C=C(C(=O)O[C@H]1CC(=C)[C@H](OO)CC/C(COC(C)=O)=C/[C@H]2OC(=O)C(=C)[C@H]12)C(O)CO. The average Bonchev–Trinajstić information content (AvgIpc) is 3.02. The van der Waals surface area contributed by atoms with Crippen molar-refractivity contribution in [1.82, 2.24) is 0 Å². The lowest BCUT2D eigenvalue weighted by Crippen LogP contribution is -2.36. The molecule has 32 heavy (non-hydrogen) atoms. The largest absolute Gasteiger partial charge is 0.461 e. The molecule has 1 saturated heterocycles.